The Morgan fingerprint density at radius 2 is 1.91 bits per heavy atom. The van der Waals surface area contributed by atoms with Gasteiger partial charge in [-0.25, -0.2) is 9.97 Å². The predicted molar refractivity (Wildman–Crippen MR) is 129 cm³/mol. The van der Waals surface area contributed by atoms with Crippen LogP contribution in [0, 0.1) is 0 Å². The van der Waals surface area contributed by atoms with Gasteiger partial charge in [0, 0.05) is 62.2 Å². The van der Waals surface area contributed by atoms with Crippen molar-refractivity contribution in [3.05, 3.63) is 90.5 Å². The third kappa shape index (κ3) is 3.74. The van der Waals surface area contributed by atoms with Crippen molar-refractivity contribution in [1.82, 2.24) is 33.6 Å². The van der Waals surface area contributed by atoms with Crippen LogP contribution in [-0.2, 0) is 20.1 Å². The van der Waals surface area contributed by atoms with Gasteiger partial charge < -0.3 is 19.2 Å². The average Bonchev–Trinajstić information content (AvgIpc) is 3.61. The number of aromatic nitrogens is 6. The molecule has 6 rings (SSSR count). The summed E-state index contributed by atoms with van der Waals surface area (Å²) in [7, 11) is 1.65. The quantitative estimate of drug-likeness (QED) is 0.439. The van der Waals surface area contributed by atoms with Crippen molar-refractivity contribution in [2.45, 2.75) is 13.1 Å². The molecule has 1 aromatic carbocycles. The lowest BCUT2D eigenvalue weighted by Crippen LogP contribution is -2.39. The van der Waals surface area contributed by atoms with Crippen molar-refractivity contribution >= 4 is 23.1 Å². The molecule has 0 aliphatic carbocycles. The Morgan fingerprint density at radius 1 is 1.06 bits per heavy atom. The average molecular weight is 467 g/mol. The first-order valence-electron chi connectivity index (χ1n) is 11.2. The van der Waals surface area contributed by atoms with E-state index < -0.39 is 5.91 Å². The lowest BCUT2D eigenvalue weighted by atomic mass is 10.2. The summed E-state index contributed by atoms with van der Waals surface area (Å²) >= 11 is 0. The summed E-state index contributed by atoms with van der Waals surface area (Å²) in [6.45, 7) is 1.60. The SMILES string of the molecule is Cn1ncc(C(=O)N2CCn3ccnc3C2)c1C(=O)Nc1ccn2cc(-c3ccccc3)nc2c1. The highest BCUT2D eigenvalue weighted by Crippen LogP contribution is 2.22. The zero-order valence-electron chi connectivity index (χ0n) is 19.0. The number of anilines is 1. The van der Waals surface area contributed by atoms with Gasteiger partial charge in [0.25, 0.3) is 11.8 Å². The molecule has 35 heavy (non-hydrogen) atoms. The number of rotatable bonds is 4. The molecule has 0 saturated carbocycles. The van der Waals surface area contributed by atoms with E-state index in [9.17, 15) is 9.59 Å². The summed E-state index contributed by atoms with van der Waals surface area (Å²) in [5, 5.41) is 7.08. The monoisotopic (exact) mass is 466 g/mol. The van der Waals surface area contributed by atoms with Crippen molar-refractivity contribution in [1.29, 1.82) is 0 Å². The Labute approximate surface area is 200 Å². The molecule has 1 aliphatic heterocycles. The lowest BCUT2D eigenvalue weighted by molar-refractivity contribution is 0.0703. The second kappa shape index (κ2) is 8.24. The molecule has 4 aromatic heterocycles. The van der Waals surface area contributed by atoms with Gasteiger partial charge in [-0.15, -0.1) is 0 Å². The van der Waals surface area contributed by atoms with E-state index >= 15 is 0 Å². The fourth-order valence-electron chi connectivity index (χ4n) is 4.38. The molecule has 1 N–H and O–H groups in total. The summed E-state index contributed by atoms with van der Waals surface area (Å²) in [5.41, 5.74) is 3.60. The van der Waals surface area contributed by atoms with Crippen molar-refractivity contribution in [2.24, 2.45) is 7.05 Å². The topological polar surface area (TPSA) is 102 Å². The summed E-state index contributed by atoms with van der Waals surface area (Å²) in [5.74, 6) is 0.169. The van der Waals surface area contributed by atoms with E-state index in [1.165, 1.54) is 10.9 Å². The molecule has 0 bridgehead atoms. The van der Waals surface area contributed by atoms with Crippen LogP contribution in [0.25, 0.3) is 16.9 Å². The van der Waals surface area contributed by atoms with Gasteiger partial charge in [0.2, 0.25) is 0 Å². The summed E-state index contributed by atoms with van der Waals surface area (Å²) < 4.78 is 5.35. The van der Waals surface area contributed by atoms with Crippen molar-refractivity contribution in [3.8, 4) is 11.3 Å². The number of nitrogens with zero attached hydrogens (tertiary/aromatic N) is 7. The van der Waals surface area contributed by atoms with Gasteiger partial charge in [-0.05, 0) is 6.07 Å². The maximum atomic E-state index is 13.3. The number of pyridine rings is 1. The molecule has 0 radical (unpaired) electrons. The molecule has 0 unspecified atom stereocenters. The first-order chi connectivity index (χ1) is 17.1. The molecule has 5 heterocycles. The van der Waals surface area contributed by atoms with Crippen LogP contribution in [-0.4, -0.2) is 52.0 Å². The van der Waals surface area contributed by atoms with Crippen molar-refractivity contribution < 1.29 is 9.59 Å². The molecule has 10 nitrogen and oxygen atoms in total. The fourth-order valence-corrected chi connectivity index (χ4v) is 4.38. The Bertz CT molecular complexity index is 1560. The summed E-state index contributed by atoms with van der Waals surface area (Å²) in [4.78, 5) is 37.2. The van der Waals surface area contributed by atoms with E-state index in [1.54, 1.807) is 30.3 Å². The van der Waals surface area contributed by atoms with Crippen molar-refractivity contribution in [2.75, 3.05) is 11.9 Å². The van der Waals surface area contributed by atoms with Crippen LogP contribution >= 0.6 is 0 Å². The van der Waals surface area contributed by atoms with Gasteiger partial charge in [-0.2, -0.15) is 5.10 Å². The van der Waals surface area contributed by atoms with Crippen LogP contribution < -0.4 is 5.32 Å². The second-order valence-corrected chi connectivity index (χ2v) is 8.42. The normalized spacial score (nSPS) is 13.1. The number of carbonyl (C=O) groups excluding carboxylic acids is 2. The van der Waals surface area contributed by atoms with E-state index in [-0.39, 0.29) is 17.2 Å². The Morgan fingerprint density at radius 3 is 2.77 bits per heavy atom. The zero-order chi connectivity index (χ0) is 23.9. The first-order valence-corrected chi connectivity index (χ1v) is 11.2. The molecular formula is C25H22N8O2. The maximum Gasteiger partial charge on any atom is 0.274 e. The highest BCUT2D eigenvalue weighted by molar-refractivity contribution is 6.11. The van der Waals surface area contributed by atoms with Gasteiger partial charge >= 0.3 is 0 Å². The number of carbonyl (C=O) groups is 2. The van der Waals surface area contributed by atoms with E-state index in [4.69, 9.17) is 0 Å². The van der Waals surface area contributed by atoms with E-state index in [1.807, 2.05) is 57.9 Å². The minimum Gasteiger partial charge on any atom is -0.332 e. The summed E-state index contributed by atoms with van der Waals surface area (Å²) in [6.07, 6.45) is 8.86. The van der Waals surface area contributed by atoms with Crippen LogP contribution in [0.1, 0.15) is 26.7 Å². The standard InChI is InChI=1S/C25H22N8O2/c1-30-23(19(14-27-30)25(35)33-12-11-31-10-8-26-22(31)16-33)24(34)28-18-7-9-32-15-20(29-21(32)13-18)17-5-3-2-4-6-17/h2-10,13-15H,11-12,16H2,1H3,(H,28,34). The number of amides is 2. The first kappa shape index (κ1) is 20.8. The number of benzene rings is 1. The Balaban J connectivity index is 1.24. The minimum atomic E-state index is -0.411. The molecule has 0 saturated heterocycles. The van der Waals surface area contributed by atoms with Gasteiger partial charge in [0.15, 0.2) is 0 Å². The second-order valence-electron chi connectivity index (χ2n) is 8.42. The zero-order valence-corrected chi connectivity index (χ0v) is 19.0. The third-order valence-corrected chi connectivity index (χ3v) is 6.20. The lowest BCUT2D eigenvalue weighted by Gasteiger charge is -2.27. The van der Waals surface area contributed by atoms with Crippen molar-refractivity contribution in [3.63, 3.8) is 0 Å². The highest BCUT2D eigenvalue weighted by atomic mass is 16.2. The van der Waals surface area contributed by atoms with E-state index in [0.717, 1.165) is 17.1 Å². The number of aryl methyl sites for hydroxylation is 1. The Kier molecular flexibility index (Phi) is 4.91. The summed E-state index contributed by atoms with van der Waals surface area (Å²) in [6, 6.07) is 13.5. The number of fused-ring (bicyclic) bond motifs is 2. The largest absolute Gasteiger partial charge is 0.332 e. The fraction of sp³-hybridized carbons (Fsp3) is 0.160. The van der Waals surface area contributed by atoms with Gasteiger partial charge in [0.05, 0.1) is 24.0 Å². The molecule has 2 amide bonds. The van der Waals surface area contributed by atoms with Crippen LogP contribution in [0.3, 0.4) is 0 Å². The van der Waals surface area contributed by atoms with E-state index in [2.05, 4.69) is 20.4 Å². The molecule has 174 valence electrons. The molecule has 0 fully saturated rings. The van der Waals surface area contributed by atoms with Crippen LogP contribution in [0.5, 0.6) is 0 Å². The molecule has 1 aliphatic rings. The van der Waals surface area contributed by atoms with E-state index in [0.29, 0.717) is 31.0 Å². The highest BCUT2D eigenvalue weighted by Gasteiger charge is 2.28. The molecule has 10 heteroatoms. The van der Waals surface area contributed by atoms with Gasteiger partial charge in [-0.1, -0.05) is 30.3 Å². The van der Waals surface area contributed by atoms with Gasteiger partial charge in [0.1, 0.15) is 17.2 Å². The molecule has 5 aromatic rings. The van der Waals surface area contributed by atoms with Crippen LogP contribution in [0.15, 0.2) is 73.4 Å². The number of hydrogen-bond donors (Lipinski definition) is 1. The van der Waals surface area contributed by atoms with Crippen LogP contribution in [0.4, 0.5) is 5.69 Å². The smallest absolute Gasteiger partial charge is 0.274 e. The van der Waals surface area contributed by atoms with Crippen LogP contribution in [0.2, 0.25) is 0 Å². The Hall–Kier alpha value is -4.73. The maximum absolute atomic E-state index is 13.3. The number of imidazole rings is 2. The molecule has 0 spiro atoms. The number of hydrogen-bond acceptors (Lipinski definition) is 5. The third-order valence-electron chi connectivity index (χ3n) is 6.20. The van der Waals surface area contributed by atoms with Gasteiger partial charge in [-0.3, -0.25) is 14.3 Å². The molecular weight excluding hydrogens is 444 g/mol. The predicted octanol–water partition coefficient (Wildman–Crippen LogP) is 2.84. The number of nitrogens with one attached hydrogen (secondary N) is 1. The molecule has 0 atom stereocenters. The minimum absolute atomic E-state index is 0.206.